The summed E-state index contributed by atoms with van der Waals surface area (Å²) in [6.07, 6.45) is 4.75. The van der Waals surface area contributed by atoms with E-state index in [1.54, 1.807) is 23.6 Å². The molecule has 2 heterocycles. The lowest BCUT2D eigenvalue weighted by atomic mass is 10.2. The second kappa shape index (κ2) is 6.03. The number of carbonyl (C=O) groups excluding carboxylic acids is 1. The molecule has 1 N–H and O–H groups in total. The van der Waals surface area contributed by atoms with Crippen molar-refractivity contribution in [1.82, 2.24) is 9.97 Å². The molecular formula is C15H10ClN3OS. The molecule has 21 heavy (non-hydrogen) atoms. The highest BCUT2D eigenvalue weighted by atomic mass is 35.5. The summed E-state index contributed by atoms with van der Waals surface area (Å²) in [6, 6.07) is 9.10. The van der Waals surface area contributed by atoms with E-state index in [1.165, 1.54) is 12.4 Å². The fourth-order valence-electron chi connectivity index (χ4n) is 1.82. The third kappa shape index (κ3) is 3.09. The molecule has 0 unspecified atom stereocenters. The second-order valence-corrected chi connectivity index (χ2v) is 5.53. The highest BCUT2D eigenvalue weighted by molar-refractivity contribution is 7.13. The number of benzene rings is 1. The molecule has 4 nitrogen and oxygen atoms in total. The number of carbonyl (C=O) groups is 1. The van der Waals surface area contributed by atoms with Crippen molar-refractivity contribution in [3.05, 3.63) is 64.9 Å². The van der Waals surface area contributed by atoms with Crippen LogP contribution in [0.25, 0.3) is 10.6 Å². The van der Waals surface area contributed by atoms with Crippen LogP contribution < -0.4 is 5.32 Å². The van der Waals surface area contributed by atoms with Gasteiger partial charge in [0.2, 0.25) is 0 Å². The molecule has 3 rings (SSSR count). The molecule has 0 spiro atoms. The van der Waals surface area contributed by atoms with Gasteiger partial charge in [0.1, 0.15) is 5.01 Å². The fraction of sp³-hybridized carbons (Fsp3) is 0. The third-order valence-electron chi connectivity index (χ3n) is 2.84. The molecule has 104 valence electrons. The average Bonchev–Trinajstić information content (AvgIpc) is 3.02. The number of hydrogen-bond donors (Lipinski definition) is 1. The molecule has 0 atom stereocenters. The van der Waals surface area contributed by atoms with Gasteiger partial charge in [-0.1, -0.05) is 11.6 Å². The molecule has 3 aromatic rings. The maximum absolute atomic E-state index is 12.1. The van der Waals surface area contributed by atoms with Crippen molar-refractivity contribution in [3.63, 3.8) is 0 Å². The lowest BCUT2D eigenvalue weighted by Crippen LogP contribution is -2.12. The van der Waals surface area contributed by atoms with E-state index in [2.05, 4.69) is 15.3 Å². The number of aromatic nitrogens is 2. The van der Waals surface area contributed by atoms with Gasteiger partial charge in [-0.25, -0.2) is 4.98 Å². The van der Waals surface area contributed by atoms with Gasteiger partial charge in [-0.2, -0.15) is 0 Å². The summed E-state index contributed by atoms with van der Waals surface area (Å²) in [7, 11) is 0. The van der Waals surface area contributed by atoms with Gasteiger partial charge in [0.15, 0.2) is 0 Å². The van der Waals surface area contributed by atoms with Crippen LogP contribution in [0.2, 0.25) is 5.02 Å². The summed E-state index contributed by atoms with van der Waals surface area (Å²) in [4.78, 5) is 20.2. The molecule has 6 heteroatoms. The van der Waals surface area contributed by atoms with E-state index in [0.29, 0.717) is 16.3 Å². The van der Waals surface area contributed by atoms with Gasteiger partial charge >= 0.3 is 0 Å². The van der Waals surface area contributed by atoms with Crippen LogP contribution in [-0.4, -0.2) is 15.9 Å². The Morgan fingerprint density at radius 1 is 1.14 bits per heavy atom. The van der Waals surface area contributed by atoms with Gasteiger partial charge in [-0.3, -0.25) is 9.78 Å². The zero-order chi connectivity index (χ0) is 14.7. The number of pyridine rings is 1. The molecular weight excluding hydrogens is 306 g/mol. The molecule has 0 aliphatic rings. The Balaban J connectivity index is 1.77. The number of nitrogens with one attached hydrogen (secondary N) is 1. The lowest BCUT2D eigenvalue weighted by molar-refractivity contribution is 0.102. The van der Waals surface area contributed by atoms with E-state index < -0.39 is 0 Å². The molecule has 0 saturated heterocycles. The Kier molecular flexibility index (Phi) is 3.94. The minimum absolute atomic E-state index is 0.260. The third-order valence-corrected chi connectivity index (χ3v) is 3.96. The lowest BCUT2D eigenvalue weighted by Gasteiger charge is -2.06. The van der Waals surface area contributed by atoms with Crippen LogP contribution in [-0.2, 0) is 0 Å². The normalized spacial score (nSPS) is 10.3. The zero-order valence-electron chi connectivity index (χ0n) is 10.8. The number of thiazole rings is 1. The standard InChI is InChI=1S/C15H10ClN3OS/c16-13-9-17-6-5-12(13)14(20)19-11-3-1-10(2-4-11)15-18-7-8-21-15/h1-9H,(H,19,20). The van der Waals surface area contributed by atoms with Crippen molar-refractivity contribution in [3.8, 4) is 10.6 Å². The molecule has 1 amide bonds. The summed E-state index contributed by atoms with van der Waals surface area (Å²) in [6.45, 7) is 0. The minimum Gasteiger partial charge on any atom is -0.322 e. The van der Waals surface area contributed by atoms with Crippen LogP contribution in [0.15, 0.2) is 54.3 Å². The summed E-state index contributed by atoms with van der Waals surface area (Å²) >= 11 is 7.52. The van der Waals surface area contributed by atoms with E-state index in [-0.39, 0.29) is 5.91 Å². The average molecular weight is 316 g/mol. The molecule has 0 saturated carbocycles. The number of amides is 1. The minimum atomic E-state index is -0.260. The predicted molar refractivity (Wildman–Crippen MR) is 84.8 cm³/mol. The summed E-state index contributed by atoms with van der Waals surface area (Å²) in [5.41, 5.74) is 2.12. The Labute approximate surface area is 130 Å². The van der Waals surface area contributed by atoms with Gasteiger partial charge in [0.25, 0.3) is 5.91 Å². The van der Waals surface area contributed by atoms with Gasteiger partial charge in [-0.15, -0.1) is 11.3 Å². The van der Waals surface area contributed by atoms with E-state index in [9.17, 15) is 4.79 Å². The van der Waals surface area contributed by atoms with Crippen molar-refractivity contribution in [2.24, 2.45) is 0 Å². The number of nitrogens with zero attached hydrogens (tertiary/aromatic N) is 2. The predicted octanol–water partition coefficient (Wildman–Crippen LogP) is 4.11. The molecule has 1 aromatic carbocycles. The molecule has 0 fully saturated rings. The van der Waals surface area contributed by atoms with Gasteiger partial charge < -0.3 is 5.32 Å². The Morgan fingerprint density at radius 3 is 2.62 bits per heavy atom. The maximum Gasteiger partial charge on any atom is 0.257 e. The number of rotatable bonds is 3. The quantitative estimate of drug-likeness (QED) is 0.791. The Bertz CT molecular complexity index is 757. The first kappa shape index (κ1) is 13.7. The van der Waals surface area contributed by atoms with E-state index in [1.807, 2.05) is 29.6 Å². The second-order valence-electron chi connectivity index (χ2n) is 4.22. The van der Waals surface area contributed by atoms with Crippen molar-refractivity contribution < 1.29 is 4.79 Å². The van der Waals surface area contributed by atoms with Crippen LogP contribution in [0.3, 0.4) is 0 Å². The molecule has 2 aromatic heterocycles. The van der Waals surface area contributed by atoms with E-state index in [0.717, 1.165) is 10.6 Å². The van der Waals surface area contributed by atoms with Crippen molar-refractivity contribution in [2.45, 2.75) is 0 Å². The van der Waals surface area contributed by atoms with Crippen molar-refractivity contribution in [1.29, 1.82) is 0 Å². The number of hydrogen-bond acceptors (Lipinski definition) is 4. The number of halogens is 1. The van der Waals surface area contributed by atoms with Gasteiger partial charge in [0, 0.05) is 35.2 Å². The zero-order valence-corrected chi connectivity index (χ0v) is 12.4. The molecule has 0 aliphatic heterocycles. The van der Waals surface area contributed by atoms with Crippen molar-refractivity contribution >= 4 is 34.5 Å². The summed E-state index contributed by atoms with van der Waals surface area (Å²) in [5.74, 6) is -0.260. The molecule has 0 aliphatic carbocycles. The molecule has 0 bridgehead atoms. The Hall–Kier alpha value is -2.24. The first-order chi connectivity index (χ1) is 10.2. The smallest absolute Gasteiger partial charge is 0.257 e. The fourth-order valence-corrected chi connectivity index (χ4v) is 2.67. The summed E-state index contributed by atoms with van der Waals surface area (Å²) < 4.78 is 0. The Morgan fingerprint density at radius 2 is 1.95 bits per heavy atom. The first-order valence-corrected chi connectivity index (χ1v) is 7.40. The van der Waals surface area contributed by atoms with Gasteiger partial charge in [-0.05, 0) is 30.3 Å². The largest absolute Gasteiger partial charge is 0.322 e. The van der Waals surface area contributed by atoms with E-state index in [4.69, 9.17) is 11.6 Å². The maximum atomic E-state index is 12.1. The van der Waals surface area contributed by atoms with Crippen molar-refractivity contribution in [2.75, 3.05) is 5.32 Å². The van der Waals surface area contributed by atoms with Crippen LogP contribution in [0, 0.1) is 0 Å². The monoisotopic (exact) mass is 315 g/mol. The highest BCUT2D eigenvalue weighted by Crippen LogP contribution is 2.23. The van der Waals surface area contributed by atoms with Gasteiger partial charge in [0.05, 0.1) is 10.6 Å². The topological polar surface area (TPSA) is 54.9 Å². The van der Waals surface area contributed by atoms with Crippen LogP contribution in [0.1, 0.15) is 10.4 Å². The van der Waals surface area contributed by atoms with Crippen LogP contribution in [0.5, 0.6) is 0 Å². The van der Waals surface area contributed by atoms with E-state index >= 15 is 0 Å². The highest BCUT2D eigenvalue weighted by Gasteiger charge is 2.10. The SMILES string of the molecule is O=C(Nc1ccc(-c2nccs2)cc1)c1ccncc1Cl. The van der Waals surface area contributed by atoms with Crippen LogP contribution in [0.4, 0.5) is 5.69 Å². The first-order valence-electron chi connectivity index (χ1n) is 6.15. The van der Waals surface area contributed by atoms with Crippen LogP contribution >= 0.6 is 22.9 Å². The number of anilines is 1. The molecule has 0 radical (unpaired) electrons. The summed E-state index contributed by atoms with van der Waals surface area (Å²) in [5, 5.41) is 6.01.